The molecule has 0 aliphatic heterocycles. The van der Waals surface area contributed by atoms with Crippen LogP contribution in [0.3, 0.4) is 0 Å². The van der Waals surface area contributed by atoms with Gasteiger partial charge < -0.3 is 5.32 Å². The van der Waals surface area contributed by atoms with Crippen LogP contribution in [0.2, 0.25) is 0 Å². The fourth-order valence-electron chi connectivity index (χ4n) is 0.927. The van der Waals surface area contributed by atoms with Crippen molar-refractivity contribution in [1.82, 2.24) is 10.3 Å². The van der Waals surface area contributed by atoms with Crippen molar-refractivity contribution in [3.05, 3.63) is 22.2 Å². The number of aryl methyl sites for hydroxylation is 2. The third-order valence-electron chi connectivity index (χ3n) is 1.49. The second kappa shape index (κ2) is 3.05. The number of hydrogen-bond acceptors (Lipinski definition) is 3. The summed E-state index contributed by atoms with van der Waals surface area (Å²) in [5.41, 5.74) is 1.89. The van der Waals surface area contributed by atoms with Crippen LogP contribution in [-0.2, 0) is 0 Å². The van der Waals surface area contributed by atoms with Gasteiger partial charge in [0.25, 0.3) is 0 Å². The van der Waals surface area contributed by atoms with Gasteiger partial charge >= 0.3 is 0 Å². The predicted molar refractivity (Wildman–Crippen MR) is 49.7 cm³/mol. The third kappa shape index (κ3) is 1.60. The van der Waals surface area contributed by atoms with E-state index in [0.717, 1.165) is 16.4 Å². The van der Waals surface area contributed by atoms with Crippen molar-refractivity contribution in [3.63, 3.8) is 0 Å². The highest BCUT2D eigenvalue weighted by molar-refractivity contribution is 7.11. The normalized spacial score (nSPS) is 9.73. The first-order valence-electron chi connectivity index (χ1n) is 3.46. The zero-order valence-electron chi connectivity index (χ0n) is 7.06. The molecule has 0 fully saturated rings. The van der Waals surface area contributed by atoms with Gasteiger partial charge in [0.15, 0.2) is 0 Å². The van der Waals surface area contributed by atoms with Crippen LogP contribution in [0.1, 0.15) is 15.6 Å². The van der Waals surface area contributed by atoms with E-state index in [1.807, 2.05) is 14.0 Å². The molecule has 1 aromatic heterocycles. The van der Waals surface area contributed by atoms with Crippen LogP contribution in [0, 0.1) is 13.8 Å². The molecule has 2 nitrogen and oxygen atoms in total. The van der Waals surface area contributed by atoms with E-state index in [1.54, 1.807) is 11.3 Å². The van der Waals surface area contributed by atoms with Gasteiger partial charge in [-0.2, -0.15) is 0 Å². The van der Waals surface area contributed by atoms with Crippen molar-refractivity contribution >= 4 is 17.0 Å². The minimum atomic E-state index is 0.895. The Morgan fingerprint density at radius 1 is 1.55 bits per heavy atom. The summed E-state index contributed by atoms with van der Waals surface area (Å²) in [5.74, 6) is 0. The molecular formula is C8H12N2S. The average molecular weight is 168 g/mol. The van der Waals surface area contributed by atoms with E-state index in [1.165, 1.54) is 4.88 Å². The zero-order valence-corrected chi connectivity index (χ0v) is 7.88. The summed E-state index contributed by atoms with van der Waals surface area (Å²) in [6.07, 6.45) is 0. The summed E-state index contributed by atoms with van der Waals surface area (Å²) < 4.78 is 0. The van der Waals surface area contributed by atoms with Gasteiger partial charge in [-0.15, -0.1) is 11.3 Å². The molecule has 1 heterocycles. The highest BCUT2D eigenvalue weighted by Crippen LogP contribution is 2.20. The summed E-state index contributed by atoms with van der Waals surface area (Å²) in [7, 11) is 1.86. The van der Waals surface area contributed by atoms with E-state index >= 15 is 0 Å². The fourth-order valence-corrected chi connectivity index (χ4v) is 1.77. The standard InChI is InChI=1S/C8H12N2S/c1-5(9-4)8-6(2)11-7(3)10-8/h9H,1H2,2-4H3. The smallest absolute Gasteiger partial charge is 0.0996 e. The second-order valence-electron chi connectivity index (χ2n) is 2.37. The fraction of sp³-hybridized carbons (Fsp3) is 0.375. The lowest BCUT2D eigenvalue weighted by molar-refractivity contribution is 1.09. The van der Waals surface area contributed by atoms with Crippen LogP contribution in [0.15, 0.2) is 6.58 Å². The molecule has 0 aliphatic rings. The Labute approximate surface area is 71.0 Å². The molecule has 0 spiro atoms. The minimum Gasteiger partial charge on any atom is -0.387 e. The number of aromatic nitrogens is 1. The summed E-state index contributed by atoms with van der Waals surface area (Å²) in [4.78, 5) is 5.56. The molecule has 0 saturated carbocycles. The van der Waals surface area contributed by atoms with E-state index < -0.39 is 0 Å². The SMILES string of the molecule is C=C(NC)c1nc(C)sc1C. The molecule has 3 heteroatoms. The van der Waals surface area contributed by atoms with Crippen molar-refractivity contribution in [2.75, 3.05) is 7.05 Å². The van der Waals surface area contributed by atoms with Gasteiger partial charge in [-0.1, -0.05) is 6.58 Å². The van der Waals surface area contributed by atoms with Crippen LogP contribution in [0.25, 0.3) is 5.70 Å². The van der Waals surface area contributed by atoms with E-state index in [-0.39, 0.29) is 0 Å². The van der Waals surface area contributed by atoms with E-state index in [9.17, 15) is 0 Å². The third-order valence-corrected chi connectivity index (χ3v) is 2.38. The lowest BCUT2D eigenvalue weighted by atomic mass is 10.3. The minimum absolute atomic E-state index is 0.895. The molecular weight excluding hydrogens is 156 g/mol. The molecule has 0 atom stereocenters. The van der Waals surface area contributed by atoms with Gasteiger partial charge in [-0.05, 0) is 13.8 Å². The molecule has 0 unspecified atom stereocenters. The number of nitrogens with one attached hydrogen (secondary N) is 1. The Kier molecular flexibility index (Phi) is 2.29. The molecule has 1 N–H and O–H groups in total. The Morgan fingerprint density at radius 3 is 2.55 bits per heavy atom. The molecule has 60 valence electrons. The van der Waals surface area contributed by atoms with Crippen LogP contribution >= 0.6 is 11.3 Å². The molecule has 0 saturated heterocycles. The van der Waals surface area contributed by atoms with Crippen LogP contribution in [0.5, 0.6) is 0 Å². The Morgan fingerprint density at radius 2 is 2.18 bits per heavy atom. The van der Waals surface area contributed by atoms with Crippen LogP contribution in [0.4, 0.5) is 0 Å². The van der Waals surface area contributed by atoms with Crippen molar-refractivity contribution in [3.8, 4) is 0 Å². The molecule has 1 aromatic rings. The largest absolute Gasteiger partial charge is 0.387 e. The Balaban J connectivity index is 3.03. The van der Waals surface area contributed by atoms with Gasteiger partial charge in [0.2, 0.25) is 0 Å². The van der Waals surface area contributed by atoms with Crippen LogP contribution < -0.4 is 5.32 Å². The molecule has 11 heavy (non-hydrogen) atoms. The Hall–Kier alpha value is -0.830. The first-order valence-corrected chi connectivity index (χ1v) is 4.28. The highest BCUT2D eigenvalue weighted by Gasteiger charge is 2.05. The van der Waals surface area contributed by atoms with E-state index in [0.29, 0.717) is 0 Å². The van der Waals surface area contributed by atoms with Crippen molar-refractivity contribution in [2.45, 2.75) is 13.8 Å². The summed E-state index contributed by atoms with van der Waals surface area (Å²) in [6, 6.07) is 0. The Bertz CT molecular complexity index is 276. The maximum Gasteiger partial charge on any atom is 0.0996 e. The van der Waals surface area contributed by atoms with Gasteiger partial charge in [0.1, 0.15) is 0 Å². The monoisotopic (exact) mass is 168 g/mol. The zero-order chi connectivity index (χ0) is 8.43. The van der Waals surface area contributed by atoms with E-state index in [4.69, 9.17) is 0 Å². The number of thiazole rings is 1. The summed E-state index contributed by atoms with van der Waals surface area (Å²) in [6.45, 7) is 7.91. The number of hydrogen-bond donors (Lipinski definition) is 1. The first kappa shape index (κ1) is 8.27. The van der Waals surface area contributed by atoms with Gasteiger partial charge in [-0.3, -0.25) is 0 Å². The van der Waals surface area contributed by atoms with Gasteiger partial charge in [0, 0.05) is 11.9 Å². The van der Waals surface area contributed by atoms with Gasteiger partial charge in [-0.25, -0.2) is 4.98 Å². The van der Waals surface area contributed by atoms with Gasteiger partial charge in [0.05, 0.1) is 16.4 Å². The van der Waals surface area contributed by atoms with Crippen molar-refractivity contribution < 1.29 is 0 Å². The highest BCUT2D eigenvalue weighted by atomic mass is 32.1. The lowest BCUT2D eigenvalue weighted by Crippen LogP contribution is -2.04. The maximum atomic E-state index is 4.34. The molecule has 1 rings (SSSR count). The molecule has 0 aromatic carbocycles. The maximum absolute atomic E-state index is 4.34. The number of rotatable bonds is 2. The van der Waals surface area contributed by atoms with Crippen molar-refractivity contribution in [2.24, 2.45) is 0 Å². The quantitative estimate of drug-likeness (QED) is 0.730. The van der Waals surface area contributed by atoms with Crippen molar-refractivity contribution in [1.29, 1.82) is 0 Å². The average Bonchev–Trinajstić information content (AvgIpc) is 2.28. The topological polar surface area (TPSA) is 24.9 Å². The molecule has 0 radical (unpaired) electrons. The van der Waals surface area contributed by atoms with E-state index in [2.05, 4.69) is 23.8 Å². The van der Waals surface area contributed by atoms with Crippen LogP contribution in [-0.4, -0.2) is 12.0 Å². The second-order valence-corrected chi connectivity index (χ2v) is 3.77. The summed E-state index contributed by atoms with van der Waals surface area (Å²) in [5, 5.41) is 4.08. The lowest BCUT2D eigenvalue weighted by Gasteiger charge is -2.00. The molecule has 0 aliphatic carbocycles. The predicted octanol–water partition coefficient (Wildman–Crippen LogP) is 1.95. The number of nitrogens with zero attached hydrogens (tertiary/aromatic N) is 1. The summed E-state index contributed by atoms with van der Waals surface area (Å²) >= 11 is 1.70. The molecule has 0 bridgehead atoms. The first-order chi connectivity index (χ1) is 5.15. The molecule has 0 amide bonds.